The molecular formula is C21H40O2. The van der Waals surface area contributed by atoms with E-state index in [1.807, 2.05) is 0 Å². The van der Waals surface area contributed by atoms with Gasteiger partial charge in [0.05, 0.1) is 12.7 Å². The van der Waals surface area contributed by atoms with Gasteiger partial charge < -0.3 is 9.53 Å². The largest absolute Gasteiger partial charge is 0.373 e. The SMILES string of the molecule is CCCCCCCCCCCCCCCC(CCC=O)C1CO1. The minimum Gasteiger partial charge on any atom is -0.373 e. The zero-order valence-electron chi connectivity index (χ0n) is 15.6. The number of unbranched alkanes of at least 4 members (excludes halogenated alkanes) is 12. The van der Waals surface area contributed by atoms with Gasteiger partial charge in [-0.05, 0) is 18.8 Å². The van der Waals surface area contributed by atoms with Gasteiger partial charge in [-0.15, -0.1) is 0 Å². The van der Waals surface area contributed by atoms with Gasteiger partial charge in [0, 0.05) is 6.42 Å². The Morgan fingerprint density at radius 3 is 1.74 bits per heavy atom. The van der Waals surface area contributed by atoms with Crippen LogP contribution in [0.1, 0.15) is 110 Å². The number of rotatable bonds is 18. The van der Waals surface area contributed by atoms with Crippen molar-refractivity contribution in [2.45, 2.75) is 116 Å². The summed E-state index contributed by atoms with van der Waals surface area (Å²) in [7, 11) is 0. The fraction of sp³-hybridized carbons (Fsp3) is 0.952. The van der Waals surface area contributed by atoms with E-state index in [4.69, 9.17) is 4.74 Å². The van der Waals surface area contributed by atoms with E-state index in [1.165, 1.54) is 89.9 Å². The van der Waals surface area contributed by atoms with E-state index in [0.29, 0.717) is 18.4 Å². The van der Waals surface area contributed by atoms with Crippen LogP contribution >= 0.6 is 0 Å². The van der Waals surface area contributed by atoms with Crippen LogP contribution in [0.4, 0.5) is 0 Å². The van der Waals surface area contributed by atoms with Crippen molar-refractivity contribution in [3.63, 3.8) is 0 Å². The van der Waals surface area contributed by atoms with Gasteiger partial charge in [0.15, 0.2) is 0 Å². The van der Waals surface area contributed by atoms with E-state index < -0.39 is 0 Å². The third-order valence-electron chi connectivity index (χ3n) is 5.22. The lowest BCUT2D eigenvalue weighted by atomic mass is 9.93. The van der Waals surface area contributed by atoms with Crippen LogP contribution in [0.15, 0.2) is 0 Å². The molecule has 136 valence electrons. The van der Waals surface area contributed by atoms with Crippen LogP contribution in [0.25, 0.3) is 0 Å². The van der Waals surface area contributed by atoms with E-state index >= 15 is 0 Å². The molecule has 1 aliphatic heterocycles. The highest BCUT2D eigenvalue weighted by atomic mass is 16.6. The summed E-state index contributed by atoms with van der Waals surface area (Å²) in [6.45, 7) is 3.22. The Hall–Kier alpha value is -0.370. The Labute approximate surface area is 144 Å². The minimum atomic E-state index is 0.479. The number of aldehydes is 1. The zero-order valence-corrected chi connectivity index (χ0v) is 15.6. The molecular weight excluding hydrogens is 284 g/mol. The summed E-state index contributed by atoms with van der Waals surface area (Å²) in [5.41, 5.74) is 0. The topological polar surface area (TPSA) is 29.6 Å². The summed E-state index contributed by atoms with van der Waals surface area (Å²) in [4.78, 5) is 10.5. The van der Waals surface area contributed by atoms with Crippen LogP contribution in [-0.2, 0) is 9.53 Å². The molecule has 0 saturated carbocycles. The molecule has 1 rings (SSSR count). The zero-order chi connectivity index (χ0) is 16.6. The van der Waals surface area contributed by atoms with Crippen LogP contribution in [0, 0.1) is 5.92 Å². The Bertz CT molecular complexity index is 261. The van der Waals surface area contributed by atoms with Crippen LogP contribution in [0.5, 0.6) is 0 Å². The van der Waals surface area contributed by atoms with Gasteiger partial charge in [-0.1, -0.05) is 90.4 Å². The van der Waals surface area contributed by atoms with Crippen molar-refractivity contribution in [1.29, 1.82) is 0 Å². The summed E-state index contributed by atoms with van der Waals surface area (Å²) >= 11 is 0. The number of carbonyl (C=O) groups is 1. The summed E-state index contributed by atoms with van der Waals surface area (Å²) in [5, 5.41) is 0. The lowest BCUT2D eigenvalue weighted by Crippen LogP contribution is -2.08. The molecule has 2 heteroatoms. The van der Waals surface area contributed by atoms with Gasteiger partial charge in [0.25, 0.3) is 0 Å². The molecule has 2 atom stereocenters. The van der Waals surface area contributed by atoms with Gasteiger partial charge in [-0.3, -0.25) is 0 Å². The van der Waals surface area contributed by atoms with Gasteiger partial charge in [-0.2, -0.15) is 0 Å². The predicted octanol–water partition coefficient (Wildman–Crippen LogP) is 6.46. The van der Waals surface area contributed by atoms with Crippen molar-refractivity contribution in [3.8, 4) is 0 Å². The number of hydrogen-bond acceptors (Lipinski definition) is 2. The predicted molar refractivity (Wildman–Crippen MR) is 98.8 cm³/mol. The molecule has 0 aromatic rings. The Morgan fingerprint density at radius 2 is 1.30 bits per heavy atom. The third-order valence-corrected chi connectivity index (χ3v) is 5.22. The molecule has 1 aliphatic rings. The first-order chi connectivity index (χ1) is 11.4. The second-order valence-corrected chi connectivity index (χ2v) is 7.41. The van der Waals surface area contributed by atoms with E-state index in [0.717, 1.165) is 19.3 Å². The average Bonchev–Trinajstić information content (AvgIpc) is 3.39. The lowest BCUT2D eigenvalue weighted by Gasteiger charge is -2.12. The third kappa shape index (κ3) is 12.7. The first-order valence-electron chi connectivity index (χ1n) is 10.4. The van der Waals surface area contributed by atoms with Crippen molar-refractivity contribution in [2.24, 2.45) is 5.92 Å². The Kier molecular flexibility index (Phi) is 13.6. The van der Waals surface area contributed by atoms with Gasteiger partial charge in [0.2, 0.25) is 0 Å². The van der Waals surface area contributed by atoms with E-state index in [1.54, 1.807) is 0 Å². The molecule has 0 aromatic carbocycles. The maximum Gasteiger partial charge on any atom is 0.120 e. The molecule has 1 saturated heterocycles. The standard InChI is InChI=1S/C21H40O2/c1-2-3-4-5-6-7-8-9-10-11-12-13-14-16-20(17-15-18-22)21-19-23-21/h18,20-21H,2-17,19H2,1H3. The molecule has 23 heavy (non-hydrogen) atoms. The second-order valence-electron chi connectivity index (χ2n) is 7.41. The highest BCUT2D eigenvalue weighted by Gasteiger charge is 2.31. The van der Waals surface area contributed by atoms with Gasteiger partial charge in [0.1, 0.15) is 6.29 Å². The Balaban J connectivity index is 1.78. The Morgan fingerprint density at radius 1 is 0.826 bits per heavy atom. The lowest BCUT2D eigenvalue weighted by molar-refractivity contribution is -0.108. The summed E-state index contributed by atoms with van der Waals surface area (Å²) < 4.78 is 5.42. The molecule has 1 heterocycles. The van der Waals surface area contributed by atoms with Gasteiger partial charge in [-0.25, -0.2) is 0 Å². The maximum atomic E-state index is 10.5. The van der Waals surface area contributed by atoms with E-state index in [9.17, 15) is 4.79 Å². The molecule has 0 radical (unpaired) electrons. The monoisotopic (exact) mass is 324 g/mol. The summed E-state index contributed by atoms with van der Waals surface area (Å²) in [6, 6.07) is 0. The quantitative estimate of drug-likeness (QED) is 0.164. The number of hydrogen-bond donors (Lipinski definition) is 0. The number of carbonyl (C=O) groups excluding carboxylic acids is 1. The second kappa shape index (κ2) is 15.2. The minimum absolute atomic E-state index is 0.479. The van der Waals surface area contributed by atoms with Crippen molar-refractivity contribution in [3.05, 3.63) is 0 Å². The maximum absolute atomic E-state index is 10.5. The van der Waals surface area contributed by atoms with Crippen LogP contribution in [0.3, 0.4) is 0 Å². The molecule has 2 nitrogen and oxygen atoms in total. The molecule has 0 aliphatic carbocycles. The molecule has 0 amide bonds. The molecule has 1 fully saturated rings. The van der Waals surface area contributed by atoms with Gasteiger partial charge >= 0.3 is 0 Å². The van der Waals surface area contributed by atoms with E-state index in [-0.39, 0.29) is 0 Å². The van der Waals surface area contributed by atoms with Crippen molar-refractivity contribution in [1.82, 2.24) is 0 Å². The first kappa shape index (κ1) is 20.7. The smallest absolute Gasteiger partial charge is 0.120 e. The summed E-state index contributed by atoms with van der Waals surface area (Å²) in [6.07, 6.45) is 22.9. The molecule has 0 bridgehead atoms. The fourth-order valence-electron chi connectivity index (χ4n) is 3.55. The average molecular weight is 325 g/mol. The number of epoxide rings is 1. The molecule has 0 N–H and O–H groups in total. The van der Waals surface area contributed by atoms with Crippen LogP contribution in [-0.4, -0.2) is 19.0 Å². The highest BCUT2D eigenvalue weighted by molar-refractivity contribution is 5.49. The molecule has 2 unspecified atom stereocenters. The van der Waals surface area contributed by atoms with E-state index in [2.05, 4.69) is 6.92 Å². The van der Waals surface area contributed by atoms with Crippen molar-refractivity contribution >= 4 is 6.29 Å². The van der Waals surface area contributed by atoms with Crippen molar-refractivity contribution < 1.29 is 9.53 Å². The summed E-state index contributed by atoms with van der Waals surface area (Å²) in [5.74, 6) is 0.646. The fourth-order valence-corrected chi connectivity index (χ4v) is 3.55. The van der Waals surface area contributed by atoms with Crippen molar-refractivity contribution in [2.75, 3.05) is 6.61 Å². The normalized spacial score (nSPS) is 18.0. The molecule has 0 spiro atoms. The van der Waals surface area contributed by atoms with Crippen LogP contribution < -0.4 is 0 Å². The first-order valence-corrected chi connectivity index (χ1v) is 10.4. The van der Waals surface area contributed by atoms with Crippen LogP contribution in [0.2, 0.25) is 0 Å². The number of ether oxygens (including phenoxy) is 1. The molecule has 0 aromatic heterocycles. The highest BCUT2D eigenvalue weighted by Crippen LogP contribution is 2.29.